The lowest BCUT2D eigenvalue weighted by atomic mass is 10.1. The van der Waals surface area contributed by atoms with Crippen LogP contribution in [0.5, 0.6) is 0 Å². The van der Waals surface area contributed by atoms with Gasteiger partial charge in [0, 0.05) is 55.7 Å². The zero-order chi connectivity index (χ0) is 46.8. The molecule has 0 aromatic heterocycles. The Morgan fingerprint density at radius 2 is 0.931 bits per heavy atom. The number of hydrogen-bond acceptors (Lipinski definition) is 9. The van der Waals surface area contributed by atoms with Crippen LogP contribution in [0.25, 0.3) is 0 Å². The van der Waals surface area contributed by atoms with Gasteiger partial charge in [0.05, 0.1) is 6.10 Å². The number of amides is 2. The molecule has 11 nitrogen and oxygen atoms in total. The first-order valence-corrected chi connectivity index (χ1v) is 22.5. The number of rotatable bonds is 21. The van der Waals surface area contributed by atoms with Crippen molar-refractivity contribution in [3.8, 4) is 0 Å². The molecule has 0 fully saturated rings. The monoisotopic (exact) mass is 830 g/mol. The van der Waals surface area contributed by atoms with Gasteiger partial charge in [0.25, 0.3) is 0 Å². The molecule has 11 heteroatoms. The molecule has 0 radical (unpaired) electrons. The summed E-state index contributed by atoms with van der Waals surface area (Å²) in [5.74, 6) is 3.89. The predicted octanol–water partition coefficient (Wildman–Crippen LogP) is 11.4. The number of hydrogen-bond donors (Lipinski definition) is 4. The van der Waals surface area contributed by atoms with Crippen LogP contribution in [0.3, 0.4) is 0 Å². The van der Waals surface area contributed by atoms with E-state index >= 15 is 0 Å². The van der Waals surface area contributed by atoms with Crippen molar-refractivity contribution in [2.24, 2.45) is 62.7 Å². The molecule has 350 valence electrons. The minimum Gasteiger partial charge on any atom is -0.393 e. The zero-order valence-corrected chi connectivity index (χ0v) is 42.9. The van der Waals surface area contributed by atoms with E-state index in [2.05, 4.69) is 148 Å². The second-order valence-electron chi connectivity index (χ2n) is 18.6. The summed E-state index contributed by atoms with van der Waals surface area (Å²) in [6.45, 7) is 52.5. The van der Waals surface area contributed by atoms with E-state index in [1.165, 1.54) is 12.8 Å². The van der Waals surface area contributed by atoms with E-state index in [4.69, 9.17) is 9.57 Å². The summed E-state index contributed by atoms with van der Waals surface area (Å²) in [7, 11) is 0. The zero-order valence-electron chi connectivity index (χ0n) is 42.9. The first-order chi connectivity index (χ1) is 26.6. The van der Waals surface area contributed by atoms with Crippen LogP contribution in [-0.4, -0.2) is 74.4 Å². The standard InChI is InChI=1S/C9H19NO.C8H16N2O.C8H19N.C8H18O.C7H16N2.C7H15NO/c1-7(2)5-6-10-9(11)8(3)4;1-6(2)5-9-10-8(11)7(3)4;2*1-7(2)5-6-9-8(3)4;2*1-6(2)5-8-9-7(3)4/h7-8H,5-6H2,1-4H3,(H,10,11);5-7H,1-4H3,(H,10,11);7-9H,5-6H2,1-4H3;7-8H,5-6H2,1-4H3;5-7,9H,1-4H3;5-7H,1-4H3/b;;;;;8-5+. The Labute approximate surface area is 362 Å². The van der Waals surface area contributed by atoms with Crippen molar-refractivity contribution in [2.75, 3.05) is 19.7 Å². The smallest absolute Gasteiger partial charge is 0.242 e. The first kappa shape index (κ1) is 67.2. The number of carbonyl (C=O) groups excluding carboxylic acids is 2. The molecule has 0 rings (SSSR count). The number of nitrogens with zero attached hydrogens (tertiary/aromatic N) is 3. The summed E-state index contributed by atoms with van der Waals surface area (Å²) in [5.41, 5.74) is 5.39. The van der Waals surface area contributed by atoms with Gasteiger partial charge < -0.3 is 25.6 Å². The Balaban J connectivity index is -0.000000140. The van der Waals surface area contributed by atoms with Crippen molar-refractivity contribution >= 4 is 30.5 Å². The fourth-order valence-corrected chi connectivity index (χ4v) is 2.89. The van der Waals surface area contributed by atoms with Crippen LogP contribution in [-0.2, 0) is 19.2 Å². The van der Waals surface area contributed by atoms with Gasteiger partial charge in [0.1, 0.15) is 6.10 Å². The van der Waals surface area contributed by atoms with Gasteiger partial charge in [-0.3, -0.25) is 9.59 Å². The third-order valence-electron chi connectivity index (χ3n) is 6.37. The van der Waals surface area contributed by atoms with E-state index in [0.717, 1.165) is 38.0 Å². The van der Waals surface area contributed by atoms with E-state index in [1.54, 1.807) is 12.4 Å². The number of oxime groups is 1. The number of nitrogens with one attached hydrogen (secondary N) is 4. The molecule has 0 aromatic rings. The average Bonchev–Trinajstić information content (AvgIpc) is 3.04. The summed E-state index contributed by atoms with van der Waals surface area (Å²) in [5, 5.41) is 17.8. The van der Waals surface area contributed by atoms with Crippen LogP contribution in [0.15, 0.2) is 15.4 Å². The maximum atomic E-state index is 11.0. The molecular weight excluding hydrogens is 727 g/mol. The average molecular weight is 830 g/mol. The molecule has 0 aromatic carbocycles. The summed E-state index contributed by atoms with van der Waals surface area (Å²) in [6, 6.07) is 1.09. The second-order valence-corrected chi connectivity index (χ2v) is 18.6. The second kappa shape index (κ2) is 47.2. The molecule has 0 aliphatic rings. The Kier molecular flexibility index (Phi) is 54.7. The van der Waals surface area contributed by atoms with Gasteiger partial charge in [-0.2, -0.15) is 10.2 Å². The third-order valence-corrected chi connectivity index (χ3v) is 6.37. The van der Waals surface area contributed by atoms with Crippen LogP contribution < -0.4 is 21.5 Å². The first-order valence-electron chi connectivity index (χ1n) is 22.5. The molecule has 0 spiro atoms. The van der Waals surface area contributed by atoms with Crippen molar-refractivity contribution in [3.05, 3.63) is 0 Å². The Bertz CT molecular complexity index is 883. The van der Waals surface area contributed by atoms with Crippen molar-refractivity contribution < 1.29 is 19.2 Å². The fourth-order valence-electron chi connectivity index (χ4n) is 2.89. The summed E-state index contributed by atoms with van der Waals surface area (Å²) >= 11 is 0. The Morgan fingerprint density at radius 3 is 1.28 bits per heavy atom. The van der Waals surface area contributed by atoms with E-state index in [1.807, 2.05) is 61.6 Å². The maximum absolute atomic E-state index is 11.0. The highest BCUT2D eigenvalue weighted by Crippen LogP contribution is 2.01. The highest BCUT2D eigenvalue weighted by Gasteiger charge is 2.05. The summed E-state index contributed by atoms with van der Waals surface area (Å²) < 4.78 is 5.35. The molecular formula is C47H103N7O4. The molecule has 0 unspecified atom stereocenters. The Morgan fingerprint density at radius 1 is 0.500 bits per heavy atom. The van der Waals surface area contributed by atoms with Gasteiger partial charge in [-0.05, 0) is 103 Å². The SMILES string of the molecule is CC(C)/C=N/OC(C)C.CC(C)C=NNC(=O)C(C)C.CC(C)C=NNC(C)C.CC(C)CCNC(=O)C(C)C.CC(C)CCNC(C)C.CC(C)CCOC(C)C. The summed E-state index contributed by atoms with van der Waals surface area (Å²) in [4.78, 5) is 26.8. The lowest BCUT2D eigenvalue weighted by Crippen LogP contribution is -2.29. The molecule has 0 heterocycles. The molecule has 0 aliphatic heterocycles. The lowest BCUT2D eigenvalue weighted by Gasteiger charge is -2.08. The van der Waals surface area contributed by atoms with Gasteiger partial charge in [-0.15, -0.1) is 0 Å². The topological polar surface area (TPSA) is 138 Å². The largest absolute Gasteiger partial charge is 0.393 e. The summed E-state index contributed by atoms with van der Waals surface area (Å²) in [6.07, 6.45) is 9.53. The number of ether oxygens (including phenoxy) is 1. The van der Waals surface area contributed by atoms with E-state index in [-0.39, 0.29) is 29.8 Å². The molecule has 58 heavy (non-hydrogen) atoms. The van der Waals surface area contributed by atoms with Gasteiger partial charge in [0.15, 0.2) is 0 Å². The highest BCUT2D eigenvalue weighted by atomic mass is 16.6. The van der Waals surface area contributed by atoms with Crippen LogP contribution in [0.1, 0.15) is 185 Å². The highest BCUT2D eigenvalue weighted by molar-refractivity contribution is 5.78. The van der Waals surface area contributed by atoms with Gasteiger partial charge in [-0.25, -0.2) is 5.43 Å². The van der Waals surface area contributed by atoms with Crippen LogP contribution in [0.4, 0.5) is 0 Å². The minimum atomic E-state index is -0.0399. The predicted molar refractivity (Wildman–Crippen MR) is 258 cm³/mol. The molecule has 0 atom stereocenters. The fraction of sp³-hybridized carbons (Fsp3) is 0.894. The van der Waals surface area contributed by atoms with Crippen molar-refractivity contribution in [1.29, 1.82) is 0 Å². The molecule has 0 saturated carbocycles. The molecule has 0 aliphatic carbocycles. The van der Waals surface area contributed by atoms with E-state index < -0.39 is 0 Å². The number of hydrazone groups is 2. The molecule has 0 bridgehead atoms. The van der Waals surface area contributed by atoms with Crippen LogP contribution in [0, 0.1) is 47.3 Å². The van der Waals surface area contributed by atoms with Crippen molar-refractivity contribution in [2.45, 2.75) is 210 Å². The van der Waals surface area contributed by atoms with E-state index in [0.29, 0.717) is 41.9 Å². The maximum Gasteiger partial charge on any atom is 0.242 e. The third kappa shape index (κ3) is 85.6. The van der Waals surface area contributed by atoms with Crippen molar-refractivity contribution in [1.82, 2.24) is 21.5 Å². The van der Waals surface area contributed by atoms with Gasteiger partial charge in [0.2, 0.25) is 11.8 Å². The van der Waals surface area contributed by atoms with Crippen LogP contribution in [0.2, 0.25) is 0 Å². The molecule has 2 amide bonds. The van der Waals surface area contributed by atoms with Crippen LogP contribution >= 0.6 is 0 Å². The normalized spacial score (nSPS) is 11.4. The molecule has 0 saturated heterocycles. The molecule has 4 N–H and O–H groups in total. The van der Waals surface area contributed by atoms with Crippen molar-refractivity contribution in [3.63, 3.8) is 0 Å². The van der Waals surface area contributed by atoms with Gasteiger partial charge >= 0.3 is 0 Å². The quantitative estimate of drug-likeness (QED) is 0.0671. The van der Waals surface area contributed by atoms with E-state index in [9.17, 15) is 9.59 Å². The lowest BCUT2D eigenvalue weighted by molar-refractivity contribution is -0.124. The number of carbonyl (C=O) groups is 2. The van der Waals surface area contributed by atoms with Gasteiger partial charge in [-0.1, -0.05) is 130 Å². The minimum absolute atomic E-state index is 0.000637. The Hall–Kier alpha value is -2.53.